The van der Waals surface area contributed by atoms with Crippen molar-refractivity contribution >= 4 is 0 Å². The highest BCUT2D eigenvalue weighted by molar-refractivity contribution is 4.81. The van der Waals surface area contributed by atoms with Crippen LogP contribution >= 0.6 is 0 Å². The van der Waals surface area contributed by atoms with Crippen molar-refractivity contribution in [2.75, 3.05) is 39.9 Å². The lowest BCUT2D eigenvalue weighted by atomic mass is 10.1. The molecule has 1 aliphatic heterocycles. The number of ether oxygens (including phenoxy) is 1. The first-order valence-electron chi connectivity index (χ1n) is 6.98. The third-order valence-corrected chi connectivity index (χ3v) is 3.67. The predicted molar refractivity (Wildman–Crippen MR) is 72.2 cm³/mol. The Kier molecular flexibility index (Phi) is 7.77. The minimum Gasteiger partial charge on any atom is -0.383 e. The van der Waals surface area contributed by atoms with Crippen molar-refractivity contribution in [3.8, 4) is 0 Å². The van der Waals surface area contributed by atoms with Crippen LogP contribution in [0, 0.1) is 0 Å². The third kappa shape index (κ3) is 5.34. The van der Waals surface area contributed by atoms with Crippen molar-refractivity contribution in [1.29, 1.82) is 0 Å². The van der Waals surface area contributed by atoms with Gasteiger partial charge in [-0.3, -0.25) is 4.90 Å². The molecule has 1 rings (SSSR count). The van der Waals surface area contributed by atoms with Crippen LogP contribution in [0.15, 0.2) is 0 Å². The number of hydrogen-bond acceptors (Lipinski definition) is 4. The van der Waals surface area contributed by atoms with E-state index in [-0.39, 0.29) is 0 Å². The molecule has 1 saturated heterocycles. The summed E-state index contributed by atoms with van der Waals surface area (Å²) in [6.45, 7) is 7.34. The predicted octanol–water partition coefficient (Wildman–Crippen LogP) is 0.814. The summed E-state index contributed by atoms with van der Waals surface area (Å²) in [6.07, 6.45) is 4.86. The second-order valence-corrected chi connectivity index (χ2v) is 4.92. The Labute approximate surface area is 106 Å². The second-order valence-electron chi connectivity index (χ2n) is 4.92. The maximum Gasteiger partial charge on any atom is 0.0615 e. The number of hydrogen-bond donors (Lipinski definition) is 2. The molecule has 1 fully saturated rings. The van der Waals surface area contributed by atoms with Gasteiger partial charge in [0.05, 0.1) is 6.61 Å². The average molecular weight is 243 g/mol. The first kappa shape index (κ1) is 14.9. The lowest BCUT2D eigenvalue weighted by Crippen LogP contribution is -2.43. The van der Waals surface area contributed by atoms with Crippen LogP contribution in [0.5, 0.6) is 0 Å². The lowest BCUT2D eigenvalue weighted by molar-refractivity contribution is 0.155. The highest BCUT2D eigenvalue weighted by Gasteiger charge is 2.23. The van der Waals surface area contributed by atoms with Gasteiger partial charge in [-0.15, -0.1) is 0 Å². The van der Waals surface area contributed by atoms with Crippen LogP contribution in [-0.4, -0.2) is 56.9 Å². The molecule has 2 unspecified atom stereocenters. The molecule has 0 aliphatic carbocycles. The Morgan fingerprint density at radius 1 is 1.53 bits per heavy atom. The van der Waals surface area contributed by atoms with Crippen molar-refractivity contribution in [2.45, 2.75) is 44.7 Å². The Bertz CT molecular complexity index is 190. The van der Waals surface area contributed by atoms with Crippen LogP contribution in [0.1, 0.15) is 32.6 Å². The Morgan fingerprint density at radius 2 is 2.35 bits per heavy atom. The summed E-state index contributed by atoms with van der Waals surface area (Å²) in [5, 5.41) is 3.64. The fourth-order valence-corrected chi connectivity index (χ4v) is 2.66. The van der Waals surface area contributed by atoms with Crippen LogP contribution < -0.4 is 11.1 Å². The summed E-state index contributed by atoms with van der Waals surface area (Å²) < 4.78 is 5.25. The largest absolute Gasteiger partial charge is 0.383 e. The van der Waals surface area contributed by atoms with Crippen LogP contribution in [-0.2, 0) is 4.74 Å². The molecule has 0 aromatic rings. The summed E-state index contributed by atoms with van der Waals surface area (Å²) >= 11 is 0. The van der Waals surface area contributed by atoms with E-state index in [9.17, 15) is 0 Å². The second kappa shape index (κ2) is 8.86. The van der Waals surface area contributed by atoms with E-state index in [1.807, 2.05) is 0 Å². The topological polar surface area (TPSA) is 50.5 Å². The molecule has 0 spiro atoms. The zero-order valence-electron chi connectivity index (χ0n) is 11.5. The van der Waals surface area contributed by atoms with E-state index in [1.165, 1.54) is 25.9 Å². The fourth-order valence-electron chi connectivity index (χ4n) is 2.66. The minimum absolute atomic E-state index is 0.461. The molecule has 0 aromatic carbocycles. The summed E-state index contributed by atoms with van der Waals surface area (Å²) in [7, 11) is 1.77. The average Bonchev–Trinajstić information content (AvgIpc) is 2.80. The maximum absolute atomic E-state index is 5.56. The van der Waals surface area contributed by atoms with Crippen LogP contribution in [0.3, 0.4) is 0 Å². The standard InChI is InChI=1S/C13H29N3O/c1-3-16-9-5-7-13(16)10-15-12(11-17-2)6-4-8-14/h12-13,15H,3-11,14H2,1-2H3. The number of likely N-dealkylation sites (N-methyl/N-ethyl adjacent to an activating group) is 1. The van der Waals surface area contributed by atoms with E-state index in [0.29, 0.717) is 6.04 Å². The third-order valence-electron chi connectivity index (χ3n) is 3.67. The first-order chi connectivity index (χ1) is 8.31. The van der Waals surface area contributed by atoms with Gasteiger partial charge < -0.3 is 15.8 Å². The Balaban J connectivity index is 2.24. The smallest absolute Gasteiger partial charge is 0.0615 e. The lowest BCUT2D eigenvalue weighted by Gasteiger charge is -2.26. The van der Waals surface area contributed by atoms with Crippen molar-refractivity contribution in [1.82, 2.24) is 10.2 Å². The molecule has 17 heavy (non-hydrogen) atoms. The van der Waals surface area contributed by atoms with Gasteiger partial charge in [-0.1, -0.05) is 6.92 Å². The fraction of sp³-hybridized carbons (Fsp3) is 1.00. The first-order valence-corrected chi connectivity index (χ1v) is 6.98. The molecule has 2 atom stereocenters. The molecule has 0 aromatic heterocycles. The number of likely N-dealkylation sites (tertiary alicyclic amines) is 1. The van der Waals surface area contributed by atoms with E-state index < -0.39 is 0 Å². The van der Waals surface area contributed by atoms with Gasteiger partial charge >= 0.3 is 0 Å². The molecular formula is C13H29N3O. The van der Waals surface area contributed by atoms with Crippen molar-refractivity contribution in [3.63, 3.8) is 0 Å². The normalized spacial score (nSPS) is 23.1. The quantitative estimate of drug-likeness (QED) is 0.629. The number of nitrogens with two attached hydrogens (primary N) is 1. The Hall–Kier alpha value is -0.160. The molecule has 3 N–H and O–H groups in total. The van der Waals surface area contributed by atoms with Crippen LogP contribution in [0.25, 0.3) is 0 Å². The molecule has 102 valence electrons. The zero-order valence-corrected chi connectivity index (χ0v) is 11.5. The molecule has 4 nitrogen and oxygen atoms in total. The summed E-state index contributed by atoms with van der Waals surface area (Å²) in [5.74, 6) is 0. The SMILES string of the molecule is CCN1CCCC1CNC(CCCN)COC. The maximum atomic E-state index is 5.56. The molecule has 4 heteroatoms. The number of methoxy groups -OCH3 is 1. The van der Waals surface area contributed by atoms with E-state index in [1.54, 1.807) is 7.11 Å². The zero-order chi connectivity index (χ0) is 12.5. The van der Waals surface area contributed by atoms with E-state index in [0.717, 1.165) is 38.6 Å². The van der Waals surface area contributed by atoms with Gasteiger partial charge in [-0.2, -0.15) is 0 Å². The summed E-state index contributed by atoms with van der Waals surface area (Å²) in [5.41, 5.74) is 5.56. The van der Waals surface area contributed by atoms with Crippen molar-refractivity contribution in [3.05, 3.63) is 0 Å². The van der Waals surface area contributed by atoms with Gasteiger partial charge in [0.15, 0.2) is 0 Å². The highest BCUT2D eigenvalue weighted by Crippen LogP contribution is 2.15. The number of rotatable bonds is 9. The molecule has 0 amide bonds. The molecular weight excluding hydrogens is 214 g/mol. The number of nitrogens with one attached hydrogen (secondary N) is 1. The van der Waals surface area contributed by atoms with E-state index in [2.05, 4.69) is 17.1 Å². The molecule has 0 bridgehead atoms. The molecule has 1 aliphatic rings. The Morgan fingerprint density at radius 3 is 3.00 bits per heavy atom. The summed E-state index contributed by atoms with van der Waals surface area (Å²) in [4.78, 5) is 2.57. The van der Waals surface area contributed by atoms with Gasteiger partial charge in [0.2, 0.25) is 0 Å². The van der Waals surface area contributed by atoms with E-state index in [4.69, 9.17) is 10.5 Å². The molecule has 0 saturated carbocycles. The van der Waals surface area contributed by atoms with Gasteiger partial charge in [0.25, 0.3) is 0 Å². The van der Waals surface area contributed by atoms with Crippen LogP contribution in [0.4, 0.5) is 0 Å². The molecule has 0 radical (unpaired) electrons. The van der Waals surface area contributed by atoms with Gasteiger partial charge in [0.1, 0.15) is 0 Å². The monoisotopic (exact) mass is 243 g/mol. The molecule has 1 heterocycles. The van der Waals surface area contributed by atoms with Crippen molar-refractivity contribution in [2.24, 2.45) is 5.73 Å². The van der Waals surface area contributed by atoms with Gasteiger partial charge in [0, 0.05) is 25.7 Å². The summed E-state index contributed by atoms with van der Waals surface area (Å²) in [6, 6.07) is 1.18. The minimum atomic E-state index is 0.461. The van der Waals surface area contributed by atoms with E-state index >= 15 is 0 Å². The van der Waals surface area contributed by atoms with Gasteiger partial charge in [-0.25, -0.2) is 0 Å². The number of nitrogens with zero attached hydrogens (tertiary/aromatic N) is 1. The highest BCUT2D eigenvalue weighted by atomic mass is 16.5. The van der Waals surface area contributed by atoms with Crippen molar-refractivity contribution < 1.29 is 4.74 Å². The van der Waals surface area contributed by atoms with Gasteiger partial charge in [-0.05, 0) is 45.3 Å². The van der Waals surface area contributed by atoms with Crippen LogP contribution in [0.2, 0.25) is 0 Å².